The molecule has 4 aliphatic carbocycles. The number of benzene rings is 1. The lowest BCUT2D eigenvalue weighted by Gasteiger charge is -2.57. The Morgan fingerprint density at radius 1 is 1.11 bits per heavy atom. The number of hydrogen-bond donors (Lipinski definition) is 1. The van der Waals surface area contributed by atoms with Crippen LogP contribution in [0.25, 0.3) is 0 Å². The minimum Gasteiger partial charge on any atom is -0.451 e. The summed E-state index contributed by atoms with van der Waals surface area (Å²) in [6.45, 7) is 4.84. The minimum absolute atomic E-state index is 0.00644. The quantitative estimate of drug-likeness (QED) is 0.390. The van der Waals surface area contributed by atoms with Crippen molar-refractivity contribution in [2.75, 3.05) is 0 Å². The SMILES string of the molecule is C[C@]12CC[C@H](Oc3no[n+]([O-])c3S(=O)(=O)c3ccccc3)CC1=CC[C@@H]1[C@@H]2CC[C@]2(C)c3[nH]ncc3C[C@@H]12. The van der Waals surface area contributed by atoms with Gasteiger partial charge in [0.2, 0.25) is 0 Å². The Balaban J connectivity index is 1.13. The smallest absolute Gasteiger partial charge is 0.415 e. The maximum atomic E-state index is 13.2. The summed E-state index contributed by atoms with van der Waals surface area (Å²) in [4.78, 5) is -0.0752. The average molecular weight is 537 g/mol. The van der Waals surface area contributed by atoms with Crippen LogP contribution in [0.4, 0.5) is 0 Å². The zero-order chi connectivity index (χ0) is 26.3. The number of H-pyrrole nitrogens is 1. The summed E-state index contributed by atoms with van der Waals surface area (Å²) >= 11 is 0. The van der Waals surface area contributed by atoms with Crippen LogP contribution >= 0.6 is 0 Å². The van der Waals surface area contributed by atoms with Crippen LogP contribution in [0.1, 0.15) is 63.6 Å². The van der Waals surface area contributed by atoms with Crippen LogP contribution in [0.15, 0.2) is 62.7 Å². The number of aromatic amines is 1. The van der Waals surface area contributed by atoms with Crippen molar-refractivity contribution in [1.82, 2.24) is 15.4 Å². The summed E-state index contributed by atoms with van der Waals surface area (Å²) in [6, 6.07) is 7.80. The Labute approximate surface area is 221 Å². The molecule has 4 aliphatic rings. The molecule has 0 aliphatic heterocycles. The third kappa shape index (κ3) is 3.28. The zero-order valence-corrected chi connectivity index (χ0v) is 22.4. The lowest BCUT2D eigenvalue weighted by Crippen LogP contribution is -2.51. The van der Waals surface area contributed by atoms with E-state index in [0.717, 1.165) is 25.7 Å². The molecule has 0 radical (unpaired) electrons. The van der Waals surface area contributed by atoms with Gasteiger partial charge in [0.05, 0.1) is 16.2 Å². The fraction of sp³-hybridized carbons (Fsp3) is 0.536. The van der Waals surface area contributed by atoms with Crippen molar-refractivity contribution in [1.29, 1.82) is 0 Å². The Bertz CT molecular complexity index is 1530. The van der Waals surface area contributed by atoms with Gasteiger partial charge in [-0.3, -0.25) is 9.73 Å². The van der Waals surface area contributed by atoms with Crippen molar-refractivity contribution < 1.29 is 22.7 Å². The predicted octanol–water partition coefficient (Wildman–Crippen LogP) is 4.29. The molecule has 2 aromatic heterocycles. The first-order valence-electron chi connectivity index (χ1n) is 13.5. The van der Waals surface area contributed by atoms with Crippen molar-refractivity contribution in [2.45, 2.75) is 80.2 Å². The molecule has 0 bridgehead atoms. The average Bonchev–Trinajstić information content (AvgIpc) is 3.60. The summed E-state index contributed by atoms with van der Waals surface area (Å²) < 4.78 is 37.2. The number of allylic oxidation sites excluding steroid dienone is 1. The second-order valence-corrected chi connectivity index (χ2v) is 13.9. The Kier molecular flexibility index (Phi) is 5.15. The standard InChI is InChI=1S/C28H32N4O5S/c1-27-12-10-19(36-25-26(32(33)37-31-25)38(34,35)20-6-4-3-5-7-20)15-18(27)8-9-21-22(27)11-13-28(2)23(21)14-17-16-29-30-24(17)28/h3-8,16,19,21-23H,9-15H2,1-2H3,(H,29,30)/t19-,21+,22-,23-,27-,28-/m0/s1. The fourth-order valence-corrected chi connectivity index (χ4v) is 9.60. The van der Waals surface area contributed by atoms with Gasteiger partial charge >= 0.3 is 10.9 Å². The number of nitrogens with one attached hydrogen (secondary N) is 1. The highest BCUT2D eigenvalue weighted by Gasteiger charge is 2.58. The number of aromatic nitrogens is 4. The van der Waals surface area contributed by atoms with Gasteiger partial charge in [-0.2, -0.15) is 5.10 Å². The molecule has 0 unspecified atom stereocenters. The van der Waals surface area contributed by atoms with Crippen LogP contribution in [0.3, 0.4) is 0 Å². The van der Waals surface area contributed by atoms with Crippen molar-refractivity contribution in [2.24, 2.45) is 23.2 Å². The largest absolute Gasteiger partial charge is 0.451 e. The van der Waals surface area contributed by atoms with Gasteiger partial charge in [-0.05, 0) is 84.3 Å². The highest BCUT2D eigenvalue weighted by molar-refractivity contribution is 7.91. The molecule has 0 spiro atoms. The number of rotatable bonds is 4. The normalized spacial score (nSPS) is 34.0. The Morgan fingerprint density at radius 3 is 2.71 bits per heavy atom. The molecule has 6 atom stereocenters. The summed E-state index contributed by atoms with van der Waals surface area (Å²) in [5.41, 5.74) is 4.40. The molecule has 200 valence electrons. The van der Waals surface area contributed by atoms with Gasteiger partial charge in [0, 0.05) is 17.5 Å². The van der Waals surface area contributed by atoms with Crippen molar-refractivity contribution >= 4 is 9.84 Å². The van der Waals surface area contributed by atoms with Crippen LogP contribution < -0.4 is 9.64 Å². The van der Waals surface area contributed by atoms with Crippen molar-refractivity contribution in [3.8, 4) is 5.88 Å². The maximum Gasteiger partial charge on any atom is 0.415 e. The molecular weight excluding hydrogens is 504 g/mol. The van der Waals surface area contributed by atoms with E-state index in [4.69, 9.17) is 9.37 Å². The molecule has 2 saturated carbocycles. The lowest BCUT2D eigenvalue weighted by molar-refractivity contribution is -0.832. The van der Waals surface area contributed by atoms with Gasteiger partial charge in [-0.25, -0.2) is 8.42 Å². The second-order valence-electron chi connectivity index (χ2n) is 12.0. The number of nitrogens with zero attached hydrogens (tertiary/aromatic N) is 3. The van der Waals surface area contributed by atoms with E-state index in [1.165, 1.54) is 41.8 Å². The van der Waals surface area contributed by atoms with E-state index in [1.54, 1.807) is 18.2 Å². The number of sulfone groups is 1. The summed E-state index contributed by atoms with van der Waals surface area (Å²) in [5.74, 6) is 1.62. The summed E-state index contributed by atoms with van der Waals surface area (Å²) in [5, 5.41) is 23.1. The van der Waals surface area contributed by atoms with Crippen LogP contribution in [0.5, 0.6) is 5.88 Å². The molecule has 2 heterocycles. The first-order chi connectivity index (χ1) is 18.2. The highest BCUT2D eigenvalue weighted by Crippen LogP contribution is 2.64. The summed E-state index contributed by atoms with van der Waals surface area (Å²) in [6.07, 6.45) is 11.1. The lowest BCUT2D eigenvalue weighted by atomic mass is 9.48. The second kappa shape index (κ2) is 8.18. The summed E-state index contributed by atoms with van der Waals surface area (Å²) in [7, 11) is -4.14. The third-order valence-corrected chi connectivity index (χ3v) is 12.0. The van der Waals surface area contributed by atoms with Gasteiger partial charge < -0.3 is 9.94 Å². The third-order valence-electron chi connectivity index (χ3n) is 10.3. The number of fused-ring (bicyclic) bond motifs is 7. The monoisotopic (exact) mass is 536 g/mol. The minimum atomic E-state index is -4.14. The maximum absolute atomic E-state index is 13.2. The van der Waals surface area contributed by atoms with Crippen molar-refractivity contribution in [3.63, 3.8) is 0 Å². The predicted molar refractivity (Wildman–Crippen MR) is 136 cm³/mol. The molecule has 0 amide bonds. The van der Waals surface area contributed by atoms with Crippen LogP contribution in [0, 0.1) is 28.4 Å². The van der Waals surface area contributed by atoms with Gasteiger partial charge in [-0.1, -0.05) is 43.7 Å². The Morgan fingerprint density at radius 2 is 1.89 bits per heavy atom. The molecular formula is C28H32N4O5S. The Hall–Kier alpha value is -3.14. The first-order valence-corrected chi connectivity index (χ1v) is 15.0. The van der Waals surface area contributed by atoms with E-state index >= 15 is 0 Å². The van der Waals surface area contributed by atoms with Gasteiger partial charge in [-0.15, -0.1) is 0 Å². The fourth-order valence-electron chi connectivity index (χ4n) is 8.31. The number of hydrogen-bond acceptors (Lipinski definition) is 7. The van der Waals surface area contributed by atoms with E-state index in [9.17, 15) is 13.6 Å². The van der Waals surface area contributed by atoms with E-state index < -0.39 is 14.9 Å². The molecule has 1 aromatic carbocycles. The molecule has 1 N–H and O–H groups in total. The van der Waals surface area contributed by atoms with Crippen LogP contribution in [-0.4, -0.2) is 29.9 Å². The zero-order valence-electron chi connectivity index (χ0n) is 21.6. The van der Waals surface area contributed by atoms with Gasteiger partial charge in [0.15, 0.2) is 0 Å². The van der Waals surface area contributed by atoms with E-state index in [-0.39, 0.29) is 32.6 Å². The molecule has 10 heteroatoms. The van der Waals surface area contributed by atoms with Crippen LogP contribution in [0.2, 0.25) is 0 Å². The van der Waals surface area contributed by atoms with E-state index in [2.05, 4.69) is 35.3 Å². The number of ether oxygens (including phenoxy) is 1. The molecule has 2 fully saturated rings. The molecule has 7 rings (SSSR count). The molecule has 3 aromatic rings. The highest BCUT2D eigenvalue weighted by atomic mass is 32.2. The van der Waals surface area contributed by atoms with Gasteiger partial charge in [0.25, 0.3) is 9.84 Å². The van der Waals surface area contributed by atoms with Crippen LogP contribution in [-0.2, 0) is 21.7 Å². The molecule has 9 nitrogen and oxygen atoms in total. The molecule has 0 saturated heterocycles. The van der Waals surface area contributed by atoms with Gasteiger partial charge in [0.1, 0.15) is 6.10 Å². The van der Waals surface area contributed by atoms with E-state index in [0.29, 0.717) is 24.2 Å². The first kappa shape index (κ1) is 23.9. The molecule has 38 heavy (non-hydrogen) atoms. The topological polar surface area (TPSA) is 125 Å². The van der Waals surface area contributed by atoms with E-state index in [1.807, 2.05) is 6.20 Å². The van der Waals surface area contributed by atoms with Crippen molar-refractivity contribution in [3.05, 3.63) is 64.6 Å².